The number of hydrogen-bond acceptors (Lipinski definition) is 2. The Bertz CT molecular complexity index is 1120. The average molecular weight is 348 g/mol. The van der Waals surface area contributed by atoms with Crippen molar-refractivity contribution in [2.24, 2.45) is 4.99 Å². The maximum Gasteiger partial charge on any atom is 0.257 e. The molecular weight excluding hydrogens is 327 g/mol. The van der Waals surface area contributed by atoms with Crippen molar-refractivity contribution in [3.05, 3.63) is 81.4 Å². The molecule has 0 saturated heterocycles. The molecule has 2 heterocycles. The maximum absolute atomic E-state index is 14.8. The van der Waals surface area contributed by atoms with Crippen molar-refractivity contribution in [3.8, 4) is 0 Å². The molecule has 132 valence electrons. The van der Waals surface area contributed by atoms with Crippen LogP contribution in [0.5, 0.6) is 0 Å². The van der Waals surface area contributed by atoms with Gasteiger partial charge in [0.2, 0.25) is 0 Å². The first-order chi connectivity index (χ1) is 12.2. The highest BCUT2D eigenvalue weighted by molar-refractivity contribution is 6.15. The smallest absolute Gasteiger partial charge is 0.257 e. The molecule has 4 heteroatoms. The molecule has 26 heavy (non-hydrogen) atoms. The number of benzene rings is 2. The minimum Gasteiger partial charge on any atom is -0.321 e. The molecule has 1 aromatic heterocycles. The summed E-state index contributed by atoms with van der Waals surface area (Å²) in [5.74, 6) is -0.259. The topological polar surface area (TPSA) is 45.2 Å². The van der Waals surface area contributed by atoms with E-state index >= 15 is 0 Å². The highest BCUT2D eigenvalue weighted by Gasteiger charge is 2.45. The molecule has 1 aliphatic heterocycles. The van der Waals surface area contributed by atoms with Crippen LogP contribution in [0.25, 0.3) is 10.9 Å². The Morgan fingerprint density at radius 1 is 0.962 bits per heavy atom. The van der Waals surface area contributed by atoms with Gasteiger partial charge in [0.25, 0.3) is 5.56 Å². The molecule has 0 aliphatic carbocycles. The fourth-order valence-electron chi connectivity index (χ4n) is 3.67. The van der Waals surface area contributed by atoms with E-state index in [1.54, 1.807) is 6.07 Å². The molecule has 0 bridgehead atoms. The van der Waals surface area contributed by atoms with E-state index in [2.05, 4.69) is 4.98 Å². The van der Waals surface area contributed by atoms with E-state index < -0.39 is 11.0 Å². The first-order valence-electron chi connectivity index (χ1n) is 8.74. The number of aliphatic imine (C=N–C) groups is 1. The van der Waals surface area contributed by atoms with E-state index in [1.807, 2.05) is 64.1 Å². The van der Waals surface area contributed by atoms with Crippen LogP contribution in [0, 0.1) is 5.82 Å². The van der Waals surface area contributed by atoms with Crippen LogP contribution in [0.2, 0.25) is 0 Å². The summed E-state index contributed by atoms with van der Waals surface area (Å²) in [6, 6.07) is 14.5. The van der Waals surface area contributed by atoms with Gasteiger partial charge in [-0.3, -0.25) is 9.79 Å². The molecular formula is C22H21FN2O. The van der Waals surface area contributed by atoms with Crippen LogP contribution < -0.4 is 5.56 Å². The van der Waals surface area contributed by atoms with Crippen LogP contribution in [0.1, 0.15) is 44.4 Å². The Kier molecular flexibility index (Phi) is 3.45. The van der Waals surface area contributed by atoms with E-state index in [-0.39, 0.29) is 11.4 Å². The predicted molar refractivity (Wildman–Crippen MR) is 104 cm³/mol. The highest BCUT2D eigenvalue weighted by Crippen LogP contribution is 2.44. The molecule has 2 aromatic carbocycles. The third-order valence-electron chi connectivity index (χ3n) is 5.82. The van der Waals surface area contributed by atoms with Gasteiger partial charge in [-0.25, -0.2) is 4.39 Å². The maximum atomic E-state index is 14.8. The van der Waals surface area contributed by atoms with Crippen molar-refractivity contribution in [1.82, 2.24) is 4.98 Å². The van der Waals surface area contributed by atoms with E-state index in [1.165, 1.54) is 6.07 Å². The Morgan fingerprint density at radius 3 is 2.46 bits per heavy atom. The van der Waals surface area contributed by atoms with Gasteiger partial charge < -0.3 is 4.98 Å². The van der Waals surface area contributed by atoms with Gasteiger partial charge >= 0.3 is 0 Å². The number of fused-ring (bicyclic) bond motifs is 2. The van der Waals surface area contributed by atoms with Crippen LogP contribution in [-0.4, -0.2) is 16.2 Å². The van der Waals surface area contributed by atoms with Gasteiger partial charge in [-0.2, -0.15) is 0 Å². The van der Waals surface area contributed by atoms with Crippen molar-refractivity contribution in [2.75, 3.05) is 0 Å². The Morgan fingerprint density at radius 2 is 1.69 bits per heavy atom. The summed E-state index contributed by atoms with van der Waals surface area (Å²) in [7, 11) is 0. The number of H-pyrrole nitrogens is 1. The summed E-state index contributed by atoms with van der Waals surface area (Å²) < 4.78 is 14.8. The first kappa shape index (κ1) is 16.7. The minimum absolute atomic E-state index is 0.215. The molecule has 0 spiro atoms. The quantitative estimate of drug-likeness (QED) is 0.688. The summed E-state index contributed by atoms with van der Waals surface area (Å²) in [6.07, 6.45) is 0. The third-order valence-corrected chi connectivity index (χ3v) is 5.82. The molecule has 0 atom stereocenters. The van der Waals surface area contributed by atoms with Crippen molar-refractivity contribution in [1.29, 1.82) is 0 Å². The zero-order valence-corrected chi connectivity index (χ0v) is 15.4. The number of nitrogens with zero attached hydrogens (tertiary/aromatic N) is 1. The molecule has 4 rings (SSSR count). The van der Waals surface area contributed by atoms with Gasteiger partial charge in [-0.1, -0.05) is 44.2 Å². The average Bonchev–Trinajstić information content (AvgIpc) is 2.58. The Hall–Kier alpha value is -2.75. The second-order valence-electron chi connectivity index (χ2n) is 7.91. The van der Waals surface area contributed by atoms with Crippen LogP contribution >= 0.6 is 0 Å². The minimum atomic E-state index is -0.560. The van der Waals surface area contributed by atoms with Crippen LogP contribution in [0.15, 0.2) is 58.3 Å². The lowest BCUT2D eigenvalue weighted by Gasteiger charge is -2.44. The van der Waals surface area contributed by atoms with E-state index in [0.717, 1.165) is 10.9 Å². The number of para-hydroxylation sites is 1. The summed E-state index contributed by atoms with van der Waals surface area (Å²) in [6.45, 7) is 7.97. The SMILES string of the molecule is CC1(C)N=C(c2cc3ccccc3[nH]c2=O)c2cccc(F)c2C1(C)C. The Labute approximate surface area is 151 Å². The predicted octanol–water partition coefficient (Wildman–Crippen LogP) is 4.57. The Balaban J connectivity index is 2.07. The van der Waals surface area contributed by atoms with Gasteiger partial charge in [-0.15, -0.1) is 0 Å². The number of rotatable bonds is 1. The monoisotopic (exact) mass is 348 g/mol. The normalized spacial score (nSPS) is 17.7. The second kappa shape index (κ2) is 5.37. The van der Waals surface area contributed by atoms with E-state index in [4.69, 9.17) is 4.99 Å². The molecule has 0 amide bonds. The molecule has 3 aromatic rings. The molecule has 0 fully saturated rings. The van der Waals surface area contributed by atoms with Gasteiger partial charge in [-0.05, 0) is 37.4 Å². The zero-order valence-electron chi connectivity index (χ0n) is 15.4. The van der Waals surface area contributed by atoms with Gasteiger partial charge in [0.1, 0.15) is 5.82 Å². The molecule has 0 saturated carbocycles. The molecule has 1 N–H and O–H groups in total. The van der Waals surface area contributed by atoms with Crippen molar-refractivity contribution in [2.45, 2.75) is 38.6 Å². The number of pyridine rings is 1. The lowest BCUT2D eigenvalue weighted by molar-refractivity contribution is 0.293. The van der Waals surface area contributed by atoms with E-state index in [9.17, 15) is 9.18 Å². The van der Waals surface area contributed by atoms with Crippen molar-refractivity contribution in [3.63, 3.8) is 0 Å². The van der Waals surface area contributed by atoms with Crippen LogP contribution in [0.4, 0.5) is 4.39 Å². The molecule has 0 unspecified atom stereocenters. The lowest BCUT2D eigenvalue weighted by atomic mass is 9.65. The second-order valence-corrected chi connectivity index (χ2v) is 7.91. The fraction of sp³-hybridized carbons (Fsp3) is 0.273. The number of nitrogens with one attached hydrogen (secondary N) is 1. The van der Waals surface area contributed by atoms with Gasteiger partial charge in [0.15, 0.2) is 0 Å². The first-order valence-corrected chi connectivity index (χ1v) is 8.74. The number of aromatic nitrogens is 1. The number of aromatic amines is 1. The molecule has 3 nitrogen and oxygen atoms in total. The van der Waals surface area contributed by atoms with E-state index in [0.29, 0.717) is 22.4 Å². The molecule has 0 radical (unpaired) electrons. The fourth-order valence-corrected chi connectivity index (χ4v) is 3.67. The van der Waals surface area contributed by atoms with Crippen LogP contribution in [0.3, 0.4) is 0 Å². The zero-order chi connectivity index (χ0) is 18.7. The third kappa shape index (κ3) is 2.25. The largest absolute Gasteiger partial charge is 0.321 e. The standard InChI is InChI=1S/C22H21FN2O/c1-21(2)18-14(9-7-10-16(18)23)19(25-22(21,3)4)15-12-13-8-5-6-11-17(13)24-20(15)26/h5-12H,1-4H3,(H,24,26). The van der Waals surface area contributed by atoms with Gasteiger partial charge in [0, 0.05) is 22.1 Å². The number of halogens is 1. The van der Waals surface area contributed by atoms with Crippen LogP contribution in [-0.2, 0) is 5.41 Å². The summed E-state index contributed by atoms with van der Waals surface area (Å²) in [5.41, 5.74) is 1.83. The molecule has 1 aliphatic rings. The van der Waals surface area contributed by atoms with Crippen molar-refractivity contribution >= 4 is 16.6 Å². The lowest BCUT2D eigenvalue weighted by Crippen LogP contribution is -2.47. The summed E-state index contributed by atoms with van der Waals surface area (Å²) in [5, 5.41) is 0.922. The number of hydrogen-bond donors (Lipinski definition) is 1. The summed E-state index contributed by atoms with van der Waals surface area (Å²) >= 11 is 0. The highest BCUT2D eigenvalue weighted by atomic mass is 19.1. The van der Waals surface area contributed by atoms with Gasteiger partial charge in [0.05, 0.1) is 16.8 Å². The van der Waals surface area contributed by atoms with Crippen molar-refractivity contribution < 1.29 is 4.39 Å². The summed E-state index contributed by atoms with van der Waals surface area (Å²) in [4.78, 5) is 20.6.